The number of likely N-dealkylation sites (tertiary alicyclic amines) is 1. The third-order valence-electron chi connectivity index (χ3n) is 4.04. The van der Waals surface area contributed by atoms with Gasteiger partial charge >= 0.3 is 0 Å². The summed E-state index contributed by atoms with van der Waals surface area (Å²) in [6.07, 6.45) is 2.69. The number of benzene rings is 1. The topological polar surface area (TPSA) is 49.4 Å². The SMILES string of the molecule is Cc1ccccc1C(=O)NC1CCCCN(C(C)C)C1=O. The summed E-state index contributed by atoms with van der Waals surface area (Å²) >= 11 is 0. The van der Waals surface area contributed by atoms with E-state index in [9.17, 15) is 9.59 Å². The van der Waals surface area contributed by atoms with E-state index in [0.717, 1.165) is 31.4 Å². The summed E-state index contributed by atoms with van der Waals surface area (Å²) in [4.78, 5) is 26.8. The van der Waals surface area contributed by atoms with Crippen molar-refractivity contribution in [1.82, 2.24) is 10.2 Å². The lowest BCUT2D eigenvalue weighted by molar-refractivity contribution is -0.134. The van der Waals surface area contributed by atoms with Crippen molar-refractivity contribution in [3.63, 3.8) is 0 Å². The highest BCUT2D eigenvalue weighted by Gasteiger charge is 2.29. The molecule has 114 valence electrons. The van der Waals surface area contributed by atoms with Crippen LogP contribution in [-0.4, -0.2) is 35.3 Å². The fourth-order valence-corrected chi connectivity index (χ4v) is 2.77. The summed E-state index contributed by atoms with van der Waals surface area (Å²) in [5.74, 6) is -0.110. The summed E-state index contributed by atoms with van der Waals surface area (Å²) in [6.45, 7) is 6.73. The number of nitrogens with zero attached hydrogens (tertiary/aromatic N) is 1. The van der Waals surface area contributed by atoms with E-state index >= 15 is 0 Å². The molecular weight excluding hydrogens is 264 g/mol. The van der Waals surface area contributed by atoms with Gasteiger partial charge in [-0.25, -0.2) is 0 Å². The molecule has 0 saturated carbocycles. The summed E-state index contributed by atoms with van der Waals surface area (Å²) in [6, 6.07) is 7.23. The van der Waals surface area contributed by atoms with Crippen LogP contribution in [0.15, 0.2) is 24.3 Å². The second kappa shape index (κ2) is 6.74. The first-order valence-corrected chi connectivity index (χ1v) is 7.67. The first-order valence-electron chi connectivity index (χ1n) is 7.67. The molecule has 1 heterocycles. The van der Waals surface area contributed by atoms with E-state index in [0.29, 0.717) is 5.56 Å². The van der Waals surface area contributed by atoms with Crippen LogP contribution in [0.4, 0.5) is 0 Å². The van der Waals surface area contributed by atoms with Crippen molar-refractivity contribution < 1.29 is 9.59 Å². The van der Waals surface area contributed by atoms with E-state index < -0.39 is 6.04 Å². The predicted molar refractivity (Wildman–Crippen MR) is 83.1 cm³/mol. The van der Waals surface area contributed by atoms with Crippen LogP contribution in [0.1, 0.15) is 49.0 Å². The Morgan fingerprint density at radius 3 is 2.67 bits per heavy atom. The molecule has 2 rings (SSSR count). The molecule has 1 saturated heterocycles. The zero-order valence-electron chi connectivity index (χ0n) is 13.1. The maximum absolute atomic E-state index is 12.5. The Morgan fingerprint density at radius 1 is 1.29 bits per heavy atom. The molecule has 0 spiro atoms. The molecule has 1 aliphatic rings. The maximum Gasteiger partial charge on any atom is 0.252 e. The number of carbonyl (C=O) groups excluding carboxylic acids is 2. The number of hydrogen-bond donors (Lipinski definition) is 1. The van der Waals surface area contributed by atoms with Crippen LogP contribution < -0.4 is 5.32 Å². The predicted octanol–water partition coefficient (Wildman–Crippen LogP) is 2.51. The Labute approximate surface area is 126 Å². The number of carbonyl (C=O) groups is 2. The van der Waals surface area contributed by atoms with Crippen LogP contribution in [0.5, 0.6) is 0 Å². The zero-order valence-corrected chi connectivity index (χ0v) is 13.1. The van der Waals surface area contributed by atoms with Crippen LogP contribution in [0.25, 0.3) is 0 Å². The van der Waals surface area contributed by atoms with Crippen molar-refractivity contribution in [3.05, 3.63) is 35.4 Å². The van der Waals surface area contributed by atoms with Crippen LogP contribution in [0, 0.1) is 6.92 Å². The minimum absolute atomic E-state index is 0.0458. The van der Waals surface area contributed by atoms with Crippen molar-refractivity contribution >= 4 is 11.8 Å². The molecule has 21 heavy (non-hydrogen) atoms. The van der Waals surface area contributed by atoms with Crippen LogP contribution in [0.3, 0.4) is 0 Å². The van der Waals surface area contributed by atoms with E-state index in [4.69, 9.17) is 0 Å². The van der Waals surface area contributed by atoms with Crippen LogP contribution in [0.2, 0.25) is 0 Å². The van der Waals surface area contributed by atoms with Gasteiger partial charge in [-0.05, 0) is 51.7 Å². The highest BCUT2D eigenvalue weighted by molar-refractivity contribution is 5.98. The summed E-state index contributed by atoms with van der Waals surface area (Å²) in [5.41, 5.74) is 1.57. The first-order chi connectivity index (χ1) is 10.0. The van der Waals surface area contributed by atoms with Crippen molar-refractivity contribution in [2.45, 2.75) is 52.1 Å². The molecule has 1 aromatic carbocycles. The molecule has 1 aromatic rings. The van der Waals surface area contributed by atoms with E-state index in [-0.39, 0.29) is 17.9 Å². The van der Waals surface area contributed by atoms with E-state index in [1.54, 1.807) is 6.07 Å². The van der Waals surface area contributed by atoms with Gasteiger partial charge < -0.3 is 10.2 Å². The van der Waals surface area contributed by atoms with E-state index in [2.05, 4.69) is 5.32 Å². The molecule has 2 amide bonds. The van der Waals surface area contributed by atoms with Crippen LogP contribution in [-0.2, 0) is 4.79 Å². The number of nitrogens with one attached hydrogen (secondary N) is 1. The lowest BCUT2D eigenvalue weighted by Gasteiger charge is -2.28. The second-order valence-corrected chi connectivity index (χ2v) is 5.96. The molecule has 1 fully saturated rings. The number of amides is 2. The van der Waals surface area contributed by atoms with E-state index in [1.807, 2.05) is 43.9 Å². The van der Waals surface area contributed by atoms with Crippen molar-refractivity contribution in [2.24, 2.45) is 0 Å². The lowest BCUT2D eigenvalue weighted by Crippen LogP contribution is -2.49. The molecule has 1 aliphatic heterocycles. The van der Waals surface area contributed by atoms with Crippen molar-refractivity contribution in [2.75, 3.05) is 6.54 Å². The van der Waals surface area contributed by atoms with Gasteiger partial charge in [0.05, 0.1) is 0 Å². The summed E-state index contributed by atoms with van der Waals surface area (Å²) < 4.78 is 0. The Kier molecular flexibility index (Phi) is 4.99. The van der Waals surface area contributed by atoms with Crippen molar-refractivity contribution in [3.8, 4) is 0 Å². The average molecular weight is 288 g/mol. The first kappa shape index (κ1) is 15.5. The lowest BCUT2D eigenvalue weighted by atomic mass is 10.1. The van der Waals surface area contributed by atoms with Gasteiger partial charge in [-0.15, -0.1) is 0 Å². The Morgan fingerprint density at radius 2 is 2.00 bits per heavy atom. The largest absolute Gasteiger partial charge is 0.340 e. The molecular formula is C17H24N2O2. The molecule has 0 aromatic heterocycles. The molecule has 0 bridgehead atoms. The van der Waals surface area contributed by atoms with Crippen LogP contribution >= 0.6 is 0 Å². The average Bonchev–Trinajstić information content (AvgIpc) is 2.62. The number of rotatable bonds is 3. The smallest absolute Gasteiger partial charge is 0.252 e. The standard InChI is InChI=1S/C17H24N2O2/c1-12(2)19-11-7-6-10-15(17(19)21)18-16(20)14-9-5-4-8-13(14)3/h4-5,8-9,12,15H,6-7,10-11H2,1-3H3,(H,18,20). The molecule has 4 nitrogen and oxygen atoms in total. The van der Waals surface area contributed by atoms with Crippen molar-refractivity contribution in [1.29, 1.82) is 0 Å². The fourth-order valence-electron chi connectivity index (χ4n) is 2.77. The molecule has 1 N–H and O–H groups in total. The highest BCUT2D eigenvalue weighted by atomic mass is 16.2. The van der Waals surface area contributed by atoms with E-state index in [1.165, 1.54) is 0 Å². The van der Waals surface area contributed by atoms with Gasteiger partial charge in [-0.2, -0.15) is 0 Å². The maximum atomic E-state index is 12.5. The minimum Gasteiger partial charge on any atom is -0.340 e. The monoisotopic (exact) mass is 288 g/mol. The number of hydrogen-bond acceptors (Lipinski definition) is 2. The molecule has 0 radical (unpaired) electrons. The molecule has 1 atom stereocenters. The number of aryl methyl sites for hydroxylation is 1. The molecule has 4 heteroatoms. The Bertz CT molecular complexity index is 525. The summed E-state index contributed by atoms with van der Waals surface area (Å²) in [7, 11) is 0. The molecule has 1 unspecified atom stereocenters. The van der Waals surface area contributed by atoms with Gasteiger partial charge in [0.15, 0.2) is 0 Å². The highest BCUT2D eigenvalue weighted by Crippen LogP contribution is 2.16. The van der Waals surface area contributed by atoms with Gasteiger partial charge in [0, 0.05) is 18.2 Å². The zero-order chi connectivity index (χ0) is 15.4. The van der Waals surface area contributed by atoms with Gasteiger partial charge in [0.25, 0.3) is 5.91 Å². The third-order valence-corrected chi connectivity index (χ3v) is 4.04. The van der Waals surface area contributed by atoms with Gasteiger partial charge in [-0.3, -0.25) is 9.59 Å². The quantitative estimate of drug-likeness (QED) is 0.929. The third kappa shape index (κ3) is 3.63. The fraction of sp³-hybridized carbons (Fsp3) is 0.529. The Balaban J connectivity index is 2.12. The van der Waals surface area contributed by atoms with Gasteiger partial charge in [-0.1, -0.05) is 18.2 Å². The molecule has 0 aliphatic carbocycles. The summed E-state index contributed by atoms with van der Waals surface area (Å²) in [5, 5.41) is 2.92. The normalized spacial score (nSPS) is 19.5. The van der Waals surface area contributed by atoms with Gasteiger partial charge in [0.1, 0.15) is 6.04 Å². The van der Waals surface area contributed by atoms with Gasteiger partial charge in [0.2, 0.25) is 5.91 Å². The minimum atomic E-state index is -0.401. The second-order valence-electron chi connectivity index (χ2n) is 5.96. The Hall–Kier alpha value is -1.84.